The van der Waals surface area contributed by atoms with Crippen molar-refractivity contribution in [1.82, 2.24) is 15.6 Å². The molecule has 2 amide bonds. The number of amides is 2. The number of rotatable bonds is 9. The minimum atomic E-state index is -0.191. The Morgan fingerprint density at radius 2 is 1.56 bits per heavy atom. The fraction of sp³-hybridized carbons (Fsp3) is 0.333. The van der Waals surface area contributed by atoms with Crippen LogP contribution >= 0.6 is 0 Å². The number of carbonyl (C=O) groups excluding carboxylic acids is 1. The van der Waals surface area contributed by atoms with E-state index >= 15 is 0 Å². The average molecular weight is 431 g/mol. The monoisotopic (exact) mass is 430 g/mol. The summed E-state index contributed by atoms with van der Waals surface area (Å²) in [7, 11) is 0. The number of anilines is 1. The molecule has 0 spiro atoms. The molecule has 0 fully saturated rings. The predicted molar refractivity (Wildman–Crippen MR) is 132 cm³/mol. The van der Waals surface area contributed by atoms with Gasteiger partial charge < -0.3 is 16.0 Å². The van der Waals surface area contributed by atoms with Crippen LogP contribution in [0.3, 0.4) is 0 Å². The minimum absolute atomic E-state index is 0.0212. The Balaban J connectivity index is 1.70. The number of nitrogens with one attached hydrogen (secondary N) is 3. The first-order chi connectivity index (χ1) is 15.5. The highest BCUT2D eigenvalue weighted by Gasteiger charge is 2.17. The molecule has 1 heterocycles. The van der Waals surface area contributed by atoms with Gasteiger partial charge in [-0.25, -0.2) is 4.79 Å². The normalized spacial score (nSPS) is 12.1. The average Bonchev–Trinajstić information content (AvgIpc) is 2.80. The number of carbonyl (C=O) groups is 1. The van der Waals surface area contributed by atoms with E-state index in [1.165, 1.54) is 0 Å². The highest BCUT2D eigenvalue weighted by atomic mass is 16.2. The summed E-state index contributed by atoms with van der Waals surface area (Å²) in [6.07, 6.45) is 3.62. The molecule has 0 unspecified atom stereocenters. The molecule has 5 nitrogen and oxygen atoms in total. The molecule has 0 aliphatic rings. The molecule has 5 heteroatoms. The van der Waals surface area contributed by atoms with Crippen molar-refractivity contribution >= 4 is 11.7 Å². The highest BCUT2D eigenvalue weighted by molar-refractivity contribution is 5.91. The summed E-state index contributed by atoms with van der Waals surface area (Å²) in [5.74, 6) is 0.643. The van der Waals surface area contributed by atoms with E-state index in [-0.39, 0.29) is 12.1 Å². The minimum Gasteiger partial charge on any atom is -0.336 e. The second-order valence-electron chi connectivity index (χ2n) is 8.66. The van der Waals surface area contributed by atoms with Gasteiger partial charge in [-0.2, -0.15) is 0 Å². The van der Waals surface area contributed by atoms with Gasteiger partial charge in [0.15, 0.2) is 0 Å². The van der Waals surface area contributed by atoms with Crippen molar-refractivity contribution in [3.8, 4) is 0 Å². The summed E-state index contributed by atoms with van der Waals surface area (Å²) in [6, 6.07) is 20.2. The van der Waals surface area contributed by atoms with Crippen LogP contribution in [-0.4, -0.2) is 17.6 Å². The van der Waals surface area contributed by atoms with Crippen molar-refractivity contribution in [2.45, 2.75) is 52.1 Å². The number of para-hydroxylation sites is 1. The lowest BCUT2D eigenvalue weighted by atomic mass is 9.93. The molecule has 3 aromatic rings. The van der Waals surface area contributed by atoms with Gasteiger partial charge in [0, 0.05) is 37.2 Å². The standard InChI is InChI=1S/C27H34N4O/c1-19(2)23-13-8-14-24(20(3)4)26(23)31-27(32)30-18-25(22-11-6-5-7-12-22)29-17-21-10-9-15-28-16-21/h5-16,19-20,25,29H,17-18H2,1-4H3,(H2,30,31,32)/t25-/m1/s1. The van der Waals surface area contributed by atoms with Crippen molar-refractivity contribution in [2.75, 3.05) is 11.9 Å². The fourth-order valence-corrected chi connectivity index (χ4v) is 3.78. The first kappa shape index (κ1) is 23.5. The first-order valence-electron chi connectivity index (χ1n) is 11.3. The van der Waals surface area contributed by atoms with E-state index < -0.39 is 0 Å². The Kier molecular flexibility index (Phi) is 8.40. The molecule has 0 aliphatic heterocycles. The zero-order valence-electron chi connectivity index (χ0n) is 19.4. The largest absolute Gasteiger partial charge is 0.336 e. The van der Waals surface area contributed by atoms with Crippen LogP contribution in [0.2, 0.25) is 0 Å². The molecule has 0 saturated carbocycles. The van der Waals surface area contributed by atoms with E-state index in [4.69, 9.17) is 0 Å². The van der Waals surface area contributed by atoms with Gasteiger partial charge >= 0.3 is 6.03 Å². The van der Waals surface area contributed by atoms with Gasteiger partial charge in [-0.3, -0.25) is 4.98 Å². The van der Waals surface area contributed by atoms with Crippen LogP contribution in [0.4, 0.5) is 10.5 Å². The first-order valence-corrected chi connectivity index (χ1v) is 11.3. The van der Waals surface area contributed by atoms with E-state index in [0.717, 1.165) is 27.9 Å². The van der Waals surface area contributed by atoms with Crippen LogP contribution in [0.25, 0.3) is 0 Å². The smallest absolute Gasteiger partial charge is 0.319 e. The van der Waals surface area contributed by atoms with Crippen LogP contribution in [0.5, 0.6) is 0 Å². The maximum absolute atomic E-state index is 12.9. The van der Waals surface area contributed by atoms with E-state index in [1.807, 2.05) is 36.5 Å². The number of benzene rings is 2. The molecule has 32 heavy (non-hydrogen) atoms. The Morgan fingerprint density at radius 3 is 2.16 bits per heavy atom. The highest BCUT2D eigenvalue weighted by Crippen LogP contribution is 2.32. The Labute approximate surface area is 191 Å². The van der Waals surface area contributed by atoms with E-state index in [0.29, 0.717) is 24.9 Å². The van der Waals surface area contributed by atoms with Gasteiger partial charge in [0.2, 0.25) is 0 Å². The number of urea groups is 1. The molecule has 168 valence electrons. The molecule has 1 atom stereocenters. The van der Waals surface area contributed by atoms with Gasteiger partial charge in [0.25, 0.3) is 0 Å². The molecule has 0 bridgehead atoms. The Morgan fingerprint density at radius 1 is 0.875 bits per heavy atom. The quantitative estimate of drug-likeness (QED) is 0.391. The third-order valence-electron chi connectivity index (χ3n) is 5.56. The number of hydrogen-bond acceptors (Lipinski definition) is 3. The maximum atomic E-state index is 12.9. The number of nitrogens with zero attached hydrogens (tertiary/aromatic N) is 1. The predicted octanol–water partition coefficient (Wildman–Crippen LogP) is 5.98. The summed E-state index contributed by atoms with van der Waals surface area (Å²) in [4.78, 5) is 17.1. The molecule has 3 N–H and O–H groups in total. The molecular formula is C27H34N4O. The van der Waals surface area contributed by atoms with Gasteiger partial charge in [0.05, 0.1) is 0 Å². The van der Waals surface area contributed by atoms with E-state index in [1.54, 1.807) is 6.20 Å². The summed E-state index contributed by atoms with van der Waals surface area (Å²) in [5.41, 5.74) is 5.46. The van der Waals surface area contributed by atoms with Crippen LogP contribution in [0.15, 0.2) is 73.1 Å². The second-order valence-corrected chi connectivity index (χ2v) is 8.66. The van der Waals surface area contributed by atoms with E-state index in [2.05, 4.69) is 79.0 Å². The van der Waals surface area contributed by atoms with E-state index in [9.17, 15) is 4.79 Å². The van der Waals surface area contributed by atoms with Gasteiger partial charge in [-0.1, -0.05) is 82.3 Å². The maximum Gasteiger partial charge on any atom is 0.319 e. The fourth-order valence-electron chi connectivity index (χ4n) is 3.78. The molecule has 2 aromatic carbocycles. The molecule has 0 radical (unpaired) electrons. The van der Waals surface area contributed by atoms with Crippen LogP contribution in [0, 0.1) is 0 Å². The lowest BCUT2D eigenvalue weighted by molar-refractivity contribution is 0.250. The molecule has 0 saturated heterocycles. The zero-order chi connectivity index (χ0) is 22.9. The van der Waals surface area contributed by atoms with Crippen molar-refractivity contribution < 1.29 is 4.79 Å². The Bertz CT molecular complexity index is 961. The number of pyridine rings is 1. The van der Waals surface area contributed by atoms with Gasteiger partial charge in [0.1, 0.15) is 0 Å². The SMILES string of the molecule is CC(C)c1cccc(C(C)C)c1NC(=O)NC[C@@H](NCc1cccnc1)c1ccccc1. The van der Waals surface area contributed by atoms with Crippen molar-refractivity contribution in [1.29, 1.82) is 0 Å². The molecule has 0 aliphatic carbocycles. The number of aromatic nitrogens is 1. The zero-order valence-corrected chi connectivity index (χ0v) is 19.4. The van der Waals surface area contributed by atoms with Crippen molar-refractivity contribution in [2.24, 2.45) is 0 Å². The summed E-state index contributed by atoms with van der Waals surface area (Å²) in [5, 5.41) is 9.75. The second kappa shape index (κ2) is 11.4. The number of hydrogen-bond donors (Lipinski definition) is 3. The van der Waals surface area contributed by atoms with Gasteiger partial charge in [-0.05, 0) is 40.2 Å². The van der Waals surface area contributed by atoms with Crippen LogP contribution in [-0.2, 0) is 6.54 Å². The Hall–Kier alpha value is -3.18. The van der Waals surface area contributed by atoms with Crippen molar-refractivity contribution in [3.63, 3.8) is 0 Å². The van der Waals surface area contributed by atoms with Crippen LogP contribution < -0.4 is 16.0 Å². The topological polar surface area (TPSA) is 66.1 Å². The third-order valence-corrected chi connectivity index (χ3v) is 5.56. The third kappa shape index (κ3) is 6.41. The molecule has 3 rings (SSSR count). The van der Waals surface area contributed by atoms with Crippen LogP contribution in [0.1, 0.15) is 67.8 Å². The van der Waals surface area contributed by atoms with Crippen molar-refractivity contribution in [3.05, 3.63) is 95.3 Å². The summed E-state index contributed by atoms with van der Waals surface area (Å²) in [6.45, 7) is 9.74. The molecular weight excluding hydrogens is 396 g/mol. The lowest BCUT2D eigenvalue weighted by Gasteiger charge is -2.22. The summed E-state index contributed by atoms with van der Waals surface area (Å²) >= 11 is 0. The van der Waals surface area contributed by atoms with Gasteiger partial charge in [-0.15, -0.1) is 0 Å². The lowest BCUT2D eigenvalue weighted by Crippen LogP contribution is -2.37. The summed E-state index contributed by atoms with van der Waals surface area (Å²) < 4.78 is 0. The molecule has 1 aromatic heterocycles.